The Bertz CT molecular complexity index is 358. The van der Waals surface area contributed by atoms with E-state index < -0.39 is 0 Å². The molecule has 1 N–H and O–H groups in total. The normalized spacial score (nSPS) is 14.7. The fourth-order valence-corrected chi connectivity index (χ4v) is 1.76. The molecule has 3 nitrogen and oxygen atoms in total. The van der Waals surface area contributed by atoms with E-state index in [0.29, 0.717) is 0 Å². The first-order valence-corrected chi connectivity index (χ1v) is 6.24. The van der Waals surface area contributed by atoms with Crippen molar-refractivity contribution in [3.63, 3.8) is 0 Å². The molecule has 3 heteroatoms. The summed E-state index contributed by atoms with van der Waals surface area (Å²) in [5, 5.41) is 8.80. The molecule has 1 aliphatic carbocycles. The van der Waals surface area contributed by atoms with Gasteiger partial charge in [0, 0.05) is 6.61 Å². The van der Waals surface area contributed by atoms with E-state index in [1.165, 1.54) is 18.4 Å². The second-order valence-electron chi connectivity index (χ2n) is 4.57. The Kier molecular flexibility index (Phi) is 4.26. The highest BCUT2D eigenvalue weighted by molar-refractivity contribution is 5.43. The Morgan fingerprint density at radius 2 is 2.12 bits per heavy atom. The fourth-order valence-electron chi connectivity index (χ4n) is 1.76. The number of benzene rings is 1. The molecule has 2 rings (SSSR count). The lowest BCUT2D eigenvalue weighted by atomic mass is 10.1. The quantitative estimate of drug-likeness (QED) is 0.790. The average molecular weight is 236 g/mol. The van der Waals surface area contributed by atoms with Crippen molar-refractivity contribution >= 4 is 0 Å². The minimum Gasteiger partial charge on any atom is -0.493 e. The van der Waals surface area contributed by atoms with Gasteiger partial charge in [-0.3, -0.25) is 0 Å². The molecule has 0 unspecified atom stereocenters. The Labute approximate surface area is 102 Å². The van der Waals surface area contributed by atoms with Crippen molar-refractivity contribution < 1.29 is 14.6 Å². The van der Waals surface area contributed by atoms with Crippen LogP contribution in [0, 0.1) is 5.92 Å². The maximum atomic E-state index is 8.80. The van der Waals surface area contributed by atoms with Crippen molar-refractivity contribution in [1.29, 1.82) is 0 Å². The maximum absolute atomic E-state index is 8.80. The lowest BCUT2D eigenvalue weighted by molar-refractivity contribution is 0.279. The van der Waals surface area contributed by atoms with E-state index in [4.69, 9.17) is 14.6 Å². The molecule has 0 aliphatic heterocycles. The lowest BCUT2D eigenvalue weighted by Crippen LogP contribution is -2.01. The largest absolute Gasteiger partial charge is 0.493 e. The third-order valence-electron chi connectivity index (χ3n) is 3.02. The molecule has 0 spiro atoms. The van der Waals surface area contributed by atoms with E-state index in [1.54, 1.807) is 7.11 Å². The van der Waals surface area contributed by atoms with Crippen molar-refractivity contribution in [2.75, 3.05) is 20.3 Å². The summed E-state index contributed by atoms with van der Waals surface area (Å²) in [5.74, 6) is 2.36. The van der Waals surface area contributed by atoms with Gasteiger partial charge in [0.15, 0.2) is 11.5 Å². The van der Waals surface area contributed by atoms with Crippen molar-refractivity contribution in [2.45, 2.75) is 25.7 Å². The summed E-state index contributed by atoms with van der Waals surface area (Å²) in [4.78, 5) is 0. The standard InChI is InChI=1S/C14H20O3/c1-16-14-9-11(3-2-8-15)6-7-13(14)17-10-12-4-5-12/h6-7,9,12,15H,2-5,8,10H2,1H3. The maximum Gasteiger partial charge on any atom is 0.161 e. The number of aliphatic hydroxyl groups is 1. The summed E-state index contributed by atoms with van der Waals surface area (Å²) in [5.41, 5.74) is 1.18. The molecule has 1 aromatic rings. The fraction of sp³-hybridized carbons (Fsp3) is 0.571. The van der Waals surface area contributed by atoms with Gasteiger partial charge in [0.2, 0.25) is 0 Å². The van der Waals surface area contributed by atoms with Crippen LogP contribution < -0.4 is 9.47 Å². The van der Waals surface area contributed by atoms with Gasteiger partial charge >= 0.3 is 0 Å². The first kappa shape index (κ1) is 12.2. The zero-order valence-electron chi connectivity index (χ0n) is 10.3. The van der Waals surface area contributed by atoms with E-state index >= 15 is 0 Å². The minimum absolute atomic E-state index is 0.224. The summed E-state index contributed by atoms with van der Waals surface area (Å²) < 4.78 is 11.1. The average Bonchev–Trinajstić information content (AvgIpc) is 3.18. The van der Waals surface area contributed by atoms with Crippen LogP contribution in [0.4, 0.5) is 0 Å². The first-order valence-electron chi connectivity index (χ1n) is 6.24. The molecular formula is C14H20O3. The van der Waals surface area contributed by atoms with Gasteiger partial charge in [-0.1, -0.05) is 6.07 Å². The number of aryl methyl sites for hydroxylation is 1. The third-order valence-corrected chi connectivity index (χ3v) is 3.02. The molecule has 0 radical (unpaired) electrons. The van der Waals surface area contributed by atoms with Gasteiger partial charge in [-0.05, 0) is 49.3 Å². The highest BCUT2D eigenvalue weighted by atomic mass is 16.5. The van der Waals surface area contributed by atoms with Crippen LogP contribution in [0.25, 0.3) is 0 Å². The molecule has 0 amide bonds. The zero-order chi connectivity index (χ0) is 12.1. The number of methoxy groups -OCH3 is 1. The van der Waals surface area contributed by atoms with Crippen molar-refractivity contribution in [1.82, 2.24) is 0 Å². The van der Waals surface area contributed by atoms with Gasteiger partial charge < -0.3 is 14.6 Å². The van der Waals surface area contributed by atoms with Gasteiger partial charge in [-0.15, -0.1) is 0 Å². The number of aliphatic hydroxyl groups excluding tert-OH is 1. The molecular weight excluding hydrogens is 216 g/mol. The highest BCUT2D eigenvalue weighted by Gasteiger charge is 2.22. The van der Waals surface area contributed by atoms with E-state index in [-0.39, 0.29) is 6.61 Å². The summed E-state index contributed by atoms with van der Waals surface area (Å²) in [6.07, 6.45) is 4.23. The Morgan fingerprint density at radius 3 is 2.76 bits per heavy atom. The predicted molar refractivity (Wildman–Crippen MR) is 66.6 cm³/mol. The monoisotopic (exact) mass is 236 g/mol. The minimum atomic E-state index is 0.224. The van der Waals surface area contributed by atoms with Crippen LogP contribution in [0.15, 0.2) is 18.2 Å². The predicted octanol–water partition coefficient (Wildman–Crippen LogP) is 2.41. The van der Waals surface area contributed by atoms with Gasteiger partial charge in [0.25, 0.3) is 0 Å². The Balaban J connectivity index is 1.98. The number of rotatable bonds is 7. The smallest absolute Gasteiger partial charge is 0.161 e. The van der Waals surface area contributed by atoms with Crippen molar-refractivity contribution in [3.8, 4) is 11.5 Å². The van der Waals surface area contributed by atoms with Gasteiger partial charge in [0.1, 0.15) is 0 Å². The molecule has 1 aromatic carbocycles. The van der Waals surface area contributed by atoms with Crippen LogP contribution >= 0.6 is 0 Å². The van der Waals surface area contributed by atoms with Gasteiger partial charge in [-0.2, -0.15) is 0 Å². The molecule has 0 atom stereocenters. The second kappa shape index (κ2) is 5.92. The van der Waals surface area contributed by atoms with Crippen LogP contribution in [0.5, 0.6) is 11.5 Å². The SMILES string of the molecule is COc1cc(CCCO)ccc1OCC1CC1. The van der Waals surface area contributed by atoms with Crippen LogP contribution in [0.1, 0.15) is 24.8 Å². The molecule has 0 heterocycles. The molecule has 94 valence electrons. The lowest BCUT2D eigenvalue weighted by Gasteiger charge is -2.11. The highest BCUT2D eigenvalue weighted by Crippen LogP contribution is 2.33. The van der Waals surface area contributed by atoms with E-state index in [9.17, 15) is 0 Å². The second-order valence-corrected chi connectivity index (χ2v) is 4.57. The van der Waals surface area contributed by atoms with Crippen LogP contribution in [0.3, 0.4) is 0 Å². The number of hydrogen-bond donors (Lipinski definition) is 1. The van der Waals surface area contributed by atoms with Gasteiger partial charge in [-0.25, -0.2) is 0 Å². The Hall–Kier alpha value is -1.22. The Morgan fingerprint density at radius 1 is 1.29 bits per heavy atom. The number of hydrogen-bond acceptors (Lipinski definition) is 3. The molecule has 0 saturated heterocycles. The summed E-state index contributed by atoms with van der Waals surface area (Å²) in [7, 11) is 1.66. The third kappa shape index (κ3) is 3.63. The van der Waals surface area contributed by atoms with E-state index in [2.05, 4.69) is 0 Å². The zero-order valence-corrected chi connectivity index (χ0v) is 10.3. The van der Waals surface area contributed by atoms with Crippen molar-refractivity contribution in [2.24, 2.45) is 5.92 Å². The van der Waals surface area contributed by atoms with Gasteiger partial charge in [0.05, 0.1) is 13.7 Å². The summed E-state index contributed by atoms with van der Waals surface area (Å²) >= 11 is 0. The van der Waals surface area contributed by atoms with E-state index in [1.807, 2.05) is 18.2 Å². The summed E-state index contributed by atoms with van der Waals surface area (Å²) in [6.45, 7) is 1.02. The molecule has 1 saturated carbocycles. The first-order chi connectivity index (χ1) is 8.33. The number of ether oxygens (including phenoxy) is 2. The molecule has 1 fully saturated rings. The summed E-state index contributed by atoms with van der Waals surface area (Å²) in [6, 6.07) is 6.01. The van der Waals surface area contributed by atoms with Crippen LogP contribution in [-0.2, 0) is 6.42 Å². The molecule has 1 aliphatic rings. The molecule has 0 aromatic heterocycles. The topological polar surface area (TPSA) is 38.7 Å². The van der Waals surface area contributed by atoms with Crippen molar-refractivity contribution in [3.05, 3.63) is 23.8 Å². The van der Waals surface area contributed by atoms with E-state index in [0.717, 1.165) is 36.9 Å². The molecule has 17 heavy (non-hydrogen) atoms. The molecule has 0 bridgehead atoms. The van der Waals surface area contributed by atoms with Crippen LogP contribution in [0.2, 0.25) is 0 Å². The van der Waals surface area contributed by atoms with Crippen LogP contribution in [-0.4, -0.2) is 25.4 Å².